The van der Waals surface area contributed by atoms with Crippen molar-refractivity contribution in [3.8, 4) is 11.3 Å². The van der Waals surface area contributed by atoms with Crippen molar-refractivity contribution in [1.82, 2.24) is 34.7 Å². The Labute approximate surface area is 179 Å². The summed E-state index contributed by atoms with van der Waals surface area (Å²) in [6.45, 7) is 0.215. The number of hydrogen-bond acceptors (Lipinski definition) is 11. The highest BCUT2D eigenvalue weighted by Crippen LogP contribution is 2.32. The van der Waals surface area contributed by atoms with Gasteiger partial charge in [-0.1, -0.05) is 0 Å². The molecule has 5 aromatic rings. The average molecular weight is 432 g/mol. The van der Waals surface area contributed by atoms with Crippen molar-refractivity contribution in [3.05, 3.63) is 48.3 Å². The van der Waals surface area contributed by atoms with Crippen LogP contribution in [-0.2, 0) is 17.9 Å². The first-order valence-electron chi connectivity index (χ1n) is 9.33. The van der Waals surface area contributed by atoms with Gasteiger partial charge in [-0.3, -0.25) is 0 Å². The molecule has 5 rings (SSSR count). The maximum atomic E-state index is 10.7. The number of nitrogens with zero attached hydrogens (tertiary/aromatic N) is 7. The molecule has 32 heavy (non-hydrogen) atoms. The number of nitrogens with two attached hydrogens (primary N) is 3. The van der Waals surface area contributed by atoms with Gasteiger partial charge in [0, 0.05) is 23.5 Å². The van der Waals surface area contributed by atoms with Gasteiger partial charge >= 0.3 is 6.09 Å². The number of aromatic nitrogens is 7. The smallest absolute Gasteiger partial charge is 0.404 e. The highest BCUT2D eigenvalue weighted by Gasteiger charge is 2.18. The van der Waals surface area contributed by atoms with E-state index in [2.05, 4.69) is 29.7 Å². The van der Waals surface area contributed by atoms with Crippen LogP contribution in [0.4, 0.5) is 16.6 Å². The van der Waals surface area contributed by atoms with Gasteiger partial charge in [0.05, 0.1) is 11.9 Å². The molecular weight excluding hydrogens is 416 g/mol. The molecule has 0 aliphatic rings. The Morgan fingerprint density at radius 1 is 1.12 bits per heavy atom. The predicted octanol–water partition coefficient (Wildman–Crippen LogP) is 1.23. The Bertz CT molecular complexity index is 1460. The Balaban J connectivity index is 1.53. The van der Waals surface area contributed by atoms with Gasteiger partial charge in [-0.25, -0.2) is 29.4 Å². The van der Waals surface area contributed by atoms with Crippen LogP contribution in [0.2, 0.25) is 0 Å². The summed E-state index contributed by atoms with van der Waals surface area (Å²) in [7, 11) is 0. The molecule has 4 heterocycles. The molecule has 6 N–H and O–H groups in total. The Hall–Kier alpha value is -4.81. The number of anilines is 2. The molecule has 0 saturated carbocycles. The van der Waals surface area contributed by atoms with E-state index < -0.39 is 6.09 Å². The van der Waals surface area contributed by atoms with E-state index in [1.54, 1.807) is 23.1 Å². The molecule has 1 amide bonds. The zero-order valence-corrected chi connectivity index (χ0v) is 16.5. The van der Waals surface area contributed by atoms with E-state index >= 15 is 0 Å². The Kier molecular flexibility index (Phi) is 4.47. The highest BCUT2D eigenvalue weighted by atomic mass is 16.5. The van der Waals surface area contributed by atoms with Crippen LogP contribution in [0.25, 0.3) is 33.4 Å². The van der Waals surface area contributed by atoms with Crippen LogP contribution in [0.3, 0.4) is 0 Å². The summed E-state index contributed by atoms with van der Waals surface area (Å²) in [5.74, 6) is 0.622. The van der Waals surface area contributed by atoms with Crippen molar-refractivity contribution in [3.63, 3.8) is 0 Å². The zero-order chi connectivity index (χ0) is 22.2. The van der Waals surface area contributed by atoms with Gasteiger partial charge in [-0.05, 0) is 18.2 Å². The van der Waals surface area contributed by atoms with E-state index in [1.807, 2.05) is 12.1 Å². The fourth-order valence-corrected chi connectivity index (χ4v) is 3.28. The lowest BCUT2D eigenvalue weighted by atomic mass is 10.1. The number of oxazole rings is 1. The molecule has 0 aliphatic heterocycles. The van der Waals surface area contributed by atoms with E-state index in [4.69, 9.17) is 26.7 Å². The van der Waals surface area contributed by atoms with E-state index in [1.165, 1.54) is 6.33 Å². The van der Waals surface area contributed by atoms with Crippen molar-refractivity contribution >= 4 is 40.1 Å². The summed E-state index contributed by atoms with van der Waals surface area (Å²) in [5.41, 5.74) is 20.6. The van der Waals surface area contributed by atoms with Gasteiger partial charge in [0.25, 0.3) is 6.01 Å². The minimum atomic E-state index is -0.892. The number of hydrogen-bond donors (Lipinski definition) is 3. The summed E-state index contributed by atoms with van der Waals surface area (Å²) in [4.78, 5) is 31.7. The predicted molar refractivity (Wildman–Crippen MR) is 113 cm³/mol. The first kappa shape index (κ1) is 19.2. The first-order valence-corrected chi connectivity index (χ1v) is 9.33. The van der Waals surface area contributed by atoms with E-state index in [0.29, 0.717) is 46.0 Å². The summed E-state index contributed by atoms with van der Waals surface area (Å²) >= 11 is 0. The molecule has 0 radical (unpaired) electrons. The summed E-state index contributed by atoms with van der Waals surface area (Å²) in [6.07, 6.45) is 3.70. The van der Waals surface area contributed by atoms with Crippen LogP contribution >= 0.6 is 0 Å². The standard InChI is InChI=1S/C19H16N10O3/c20-16-14-15(10-1-2-12-11(3-10)27-18(21)32-12)28-29(17(14)26-8-25-16)6-9-4-23-13(24-5-9)7-31-19(22)30/h1-5,8H,6-7H2,(H2,21,27)(H2,22,30)(H2,20,25,26). The fourth-order valence-electron chi connectivity index (χ4n) is 3.28. The second-order valence-electron chi connectivity index (χ2n) is 6.81. The first-order chi connectivity index (χ1) is 15.5. The normalized spacial score (nSPS) is 11.2. The molecule has 0 bridgehead atoms. The third kappa shape index (κ3) is 3.47. The number of rotatable bonds is 5. The quantitative estimate of drug-likeness (QED) is 0.360. The van der Waals surface area contributed by atoms with Gasteiger partial charge in [0.2, 0.25) is 0 Å². The molecule has 0 saturated heterocycles. The number of nitrogen functional groups attached to an aromatic ring is 2. The average Bonchev–Trinajstić information content (AvgIpc) is 3.33. The Morgan fingerprint density at radius 2 is 1.94 bits per heavy atom. The molecule has 0 fully saturated rings. The molecule has 0 aliphatic carbocycles. The SMILES string of the molecule is NC(=O)OCc1ncc(Cn2nc(-c3ccc4oc(N)nc4c3)c3c(N)ncnc32)cn1. The molecule has 0 atom stereocenters. The third-order valence-corrected chi connectivity index (χ3v) is 4.67. The van der Waals surface area contributed by atoms with Gasteiger partial charge in [0.1, 0.15) is 23.4 Å². The number of carbonyl (C=O) groups is 1. The summed E-state index contributed by atoms with van der Waals surface area (Å²) < 4.78 is 11.7. The zero-order valence-electron chi connectivity index (χ0n) is 16.5. The molecule has 1 aromatic carbocycles. The highest BCUT2D eigenvalue weighted by molar-refractivity contribution is 5.99. The van der Waals surface area contributed by atoms with Crippen molar-refractivity contribution in [2.45, 2.75) is 13.2 Å². The number of primary amides is 1. The maximum Gasteiger partial charge on any atom is 0.404 e. The molecule has 160 valence electrons. The largest absolute Gasteiger partial charge is 0.441 e. The van der Waals surface area contributed by atoms with E-state index in [9.17, 15) is 4.79 Å². The van der Waals surface area contributed by atoms with Gasteiger partial charge in [0.15, 0.2) is 23.7 Å². The number of carbonyl (C=O) groups excluding carboxylic acids is 1. The van der Waals surface area contributed by atoms with Crippen LogP contribution in [-0.4, -0.2) is 40.8 Å². The molecule has 13 heteroatoms. The third-order valence-electron chi connectivity index (χ3n) is 4.67. The van der Waals surface area contributed by atoms with Crippen LogP contribution in [0, 0.1) is 0 Å². The van der Waals surface area contributed by atoms with E-state index in [0.717, 1.165) is 11.1 Å². The van der Waals surface area contributed by atoms with Gasteiger partial charge < -0.3 is 26.4 Å². The molecule has 13 nitrogen and oxygen atoms in total. The lowest BCUT2D eigenvalue weighted by Crippen LogP contribution is -2.14. The van der Waals surface area contributed by atoms with Crippen molar-refractivity contribution in [2.24, 2.45) is 5.73 Å². The maximum absolute atomic E-state index is 10.7. The van der Waals surface area contributed by atoms with Crippen LogP contribution in [0.5, 0.6) is 0 Å². The summed E-state index contributed by atoms with van der Waals surface area (Å²) in [6, 6.07) is 5.49. The molecule has 0 spiro atoms. The number of amides is 1. The number of benzene rings is 1. The molecule has 4 aromatic heterocycles. The molecular formula is C19H16N10O3. The fraction of sp³-hybridized carbons (Fsp3) is 0.105. The van der Waals surface area contributed by atoms with Crippen LogP contribution < -0.4 is 17.2 Å². The second-order valence-corrected chi connectivity index (χ2v) is 6.81. The van der Waals surface area contributed by atoms with Crippen LogP contribution in [0.1, 0.15) is 11.4 Å². The second kappa shape index (κ2) is 7.46. The van der Waals surface area contributed by atoms with Gasteiger partial charge in [-0.15, -0.1) is 0 Å². The van der Waals surface area contributed by atoms with Crippen molar-refractivity contribution in [1.29, 1.82) is 0 Å². The lowest BCUT2D eigenvalue weighted by molar-refractivity contribution is 0.147. The van der Waals surface area contributed by atoms with Crippen LogP contribution in [0.15, 0.2) is 41.3 Å². The summed E-state index contributed by atoms with van der Waals surface area (Å²) in [5, 5.41) is 5.32. The molecule has 0 unspecified atom stereocenters. The van der Waals surface area contributed by atoms with E-state index in [-0.39, 0.29) is 12.6 Å². The minimum absolute atomic E-state index is 0.0834. The number of fused-ring (bicyclic) bond motifs is 2. The lowest BCUT2D eigenvalue weighted by Gasteiger charge is -2.04. The van der Waals surface area contributed by atoms with Crippen molar-refractivity contribution < 1.29 is 13.9 Å². The van der Waals surface area contributed by atoms with Gasteiger partial charge in [-0.2, -0.15) is 10.1 Å². The monoisotopic (exact) mass is 432 g/mol. The van der Waals surface area contributed by atoms with Crippen molar-refractivity contribution in [2.75, 3.05) is 11.5 Å². The topological polar surface area (TPSA) is 200 Å². The number of ether oxygens (including phenoxy) is 1. The Morgan fingerprint density at radius 3 is 2.72 bits per heavy atom. The minimum Gasteiger partial charge on any atom is -0.441 e.